The Hall–Kier alpha value is -0.570. The van der Waals surface area contributed by atoms with Crippen LogP contribution in [0.1, 0.15) is 56.6 Å². The van der Waals surface area contributed by atoms with Crippen LogP contribution < -0.4 is 5.32 Å². The van der Waals surface area contributed by atoms with Crippen molar-refractivity contribution >= 4 is 11.6 Å². The molecule has 1 aliphatic rings. The largest absolute Gasteiger partial charge is 0.313 e. The van der Waals surface area contributed by atoms with Crippen molar-refractivity contribution in [2.24, 2.45) is 0 Å². The molecule has 0 spiro atoms. The highest BCUT2D eigenvalue weighted by Gasteiger charge is 2.18. The summed E-state index contributed by atoms with van der Waals surface area (Å²) in [5.41, 5.74) is 1.29. The predicted octanol–water partition coefficient (Wildman–Crippen LogP) is 4.65. The number of nitrogens with one attached hydrogen (secondary N) is 1. The number of rotatable bonds is 6. The molecule has 1 aromatic rings. The normalized spacial score (nSPS) is 18.7. The molecule has 1 N–H and O–H groups in total. The summed E-state index contributed by atoms with van der Waals surface area (Å²) in [6.07, 6.45) is 9.52. The van der Waals surface area contributed by atoms with E-state index in [1.165, 1.54) is 44.1 Å². The third-order valence-corrected chi connectivity index (χ3v) is 5.05. The highest BCUT2D eigenvalue weighted by Crippen LogP contribution is 2.24. The Morgan fingerprint density at radius 1 is 1.24 bits per heavy atom. The van der Waals surface area contributed by atoms with Crippen molar-refractivity contribution in [3.63, 3.8) is 0 Å². The molecule has 1 aromatic carbocycles. The van der Waals surface area contributed by atoms with Crippen molar-refractivity contribution in [2.45, 2.75) is 57.0 Å². The van der Waals surface area contributed by atoms with Crippen LogP contribution in [0.2, 0.25) is 5.02 Å². The van der Waals surface area contributed by atoms with E-state index in [0.717, 1.165) is 24.0 Å². The lowest BCUT2D eigenvalue weighted by molar-refractivity contribution is 0.211. The topological polar surface area (TPSA) is 15.3 Å². The van der Waals surface area contributed by atoms with Gasteiger partial charge in [0.15, 0.2) is 0 Å². The van der Waals surface area contributed by atoms with Gasteiger partial charge in [0, 0.05) is 17.1 Å². The molecule has 0 amide bonds. The van der Waals surface area contributed by atoms with Gasteiger partial charge in [0.2, 0.25) is 0 Å². The molecule has 0 radical (unpaired) electrons. The van der Waals surface area contributed by atoms with E-state index in [2.05, 4.69) is 29.4 Å². The zero-order valence-electron chi connectivity index (χ0n) is 13.4. The standard InChI is InChI=1S/C18H29ClN2/c1-20-18(15-8-7-9-16(19)14-15)12-13-21(2)17-10-5-3-4-6-11-17/h7-9,14,17-18,20H,3-6,10-13H2,1-2H3. The van der Waals surface area contributed by atoms with E-state index >= 15 is 0 Å². The zero-order chi connectivity index (χ0) is 15.1. The second-order valence-electron chi connectivity index (χ2n) is 6.31. The lowest BCUT2D eigenvalue weighted by Crippen LogP contribution is -2.34. The van der Waals surface area contributed by atoms with Gasteiger partial charge in [-0.3, -0.25) is 0 Å². The van der Waals surface area contributed by atoms with Crippen molar-refractivity contribution < 1.29 is 0 Å². The first-order valence-electron chi connectivity index (χ1n) is 8.33. The molecule has 2 rings (SSSR count). The molecule has 0 heterocycles. The number of benzene rings is 1. The molecule has 1 atom stereocenters. The molecule has 21 heavy (non-hydrogen) atoms. The summed E-state index contributed by atoms with van der Waals surface area (Å²) in [5, 5.41) is 4.25. The molecule has 1 aliphatic carbocycles. The number of halogens is 1. The summed E-state index contributed by atoms with van der Waals surface area (Å²) < 4.78 is 0. The molecule has 0 aliphatic heterocycles. The molecule has 0 bridgehead atoms. The Morgan fingerprint density at radius 3 is 2.57 bits per heavy atom. The maximum Gasteiger partial charge on any atom is 0.0409 e. The van der Waals surface area contributed by atoms with Crippen LogP contribution in [0.3, 0.4) is 0 Å². The van der Waals surface area contributed by atoms with Gasteiger partial charge in [-0.2, -0.15) is 0 Å². The van der Waals surface area contributed by atoms with Gasteiger partial charge >= 0.3 is 0 Å². The minimum atomic E-state index is 0.386. The Kier molecular flexibility index (Phi) is 7.01. The van der Waals surface area contributed by atoms with E-state index < -0.39 is 0 Å². The van der Waals surface area contributed by atoms with Gasteiger partial charge < -0.3 is 10.2 Å². The third kappa shape index (κ3) is 5.28. The first-order chi connectivity index (χ1) is 10.2. The Morgan fingerprint density at radius 2 is 1.95 bits per heavy atom. The van der Waals surface area contributed by atoms with E-state index in [1.807, 2.05) is 19.2 Å². The fraction of sp³-hybridized carbons (Fsp3) is 0.667. The van der Waals surface area contributed by atoms with Gasteiger partial charge in [-0.25, -0.2) is 0 Å². The van der Waals surface area contributed by atoms with E-state index in [-0.39, 0.29) is 0 Å². The maximum atomic E-state index is 6.11. The molecule has 118 valence electrons. The predicted molar refractivity (Wildman–Crippen MR) is 92.0 cm³/mol. The molecule has 0 aromatic heterocycles. The SMILES string of the molecule is CNC(CCN(C)C1CCCCCC1)c1cccc(Cl)c1. The third-order valence-electron chi connectivity index (χ3n) is 4.82. The van der Waals surface area contributed by atoms with Crippen LogP contribution in [0.15, 0.2) is 24.3 Å². The van der Waals surface area contributed by atoms with E-state index in [9.17, 15) is 0 Å². The van der Waals surface area contributed by atoms with Crippen LogP contribution >= 0.6 is 11.6 Å². The van der Waals surface area contributed by atoms with Crippen molar-refractivity contribution in [1.29, 1.82) is 0 Å². The van der Waals surface area contributed by atoms with E-state index in [4.69, 9.17) is 11.6 Å². The van der Waals surface area contributed by atoms with Crippen LogP contribution in [0.25, 0.3) is 0 Å². The smallest absolute Gasteiger partial charge is 0.0409 e. The fourth-order valence-corrected chi connectivity index (χ4v) is 3.61. The molecular weight excluding hydrogens is 280 g/mol. The van der Waals surface area contributed by atoms with E-state index in [1.54, 1.807) is 0 Å². The van der Waals surface area contributed by atoms with Crippen molar-refractivity contribution in [3.8, 4) is 0 Å². The Labute approximate surface area is 134 Å². The van der Waals surface area contributed by atoms with Crippen LogP contribution in [-0.2, 0) is 0 Å². The van der Waals surface area contributed by atoms with Crippen molar-refractivity contribution in [2.75, 3.05) is 20.6 Å². The van der Waals surface area contributed by atoms with Gasteiger partial charge in [0.1, 0.15) is 0 Å². The molecule has 0 saturated heterocycles. The average molecular weight is 309 g/mol. The molecule has 3 heteroatoms. The Balaban J connectivity index is 1.87. The molecule has 1 unspecified atom stereocenters. The number of hydrogen-bond donors (Lipinski definition) is 1. The number of hydrogen-bond acceptors (Lipinski definition) is 2. The minimum absolute atomic E-state index is 0.386. The molecule has 1 fully saturated rings. The highest BCUT2D eigenvalue weighted by atomic mass is 35.5. The number of nitrogens with zero attached hydrogens (tertiary/aromatic N) is 1. The van der Waals surface area contributed by atoms with Gasteiger partial charge in [-0.15, -0.1) is 0 Å². The Bertz CT molecular complexity index is 413. The minimum Gasteiger partial charge on any atom is -0.313 e. The maximum absolute atomic E-state index is 6.11. The first-order valence-corrected chi connectivity index (χ1v) is 8.71. The second-order valence-corrected chi connectivity index (χ2v) is 6.75. The van der Waals surface area contributed by atoms with Gasteiger partial charge in [-0.1, -0.05) is 49.4 Å². The monoisotopic (exact) mass is 308 g/mol. The summed E-state index contributed by atoms with van der Waals surface area (Å²) in [6, 6.07) is 9.39. The quantitative estimate of drug-likeness (QED) is 0.770. The van der Waals surface area contributed by atoms with Gasteiger partial charge in [0.05, 0.1) is 0 Å². The van der Waals surface area contributed by atoms with Crippen molar-refractivity contribution in [3.05, 3.63) is 34.9 Å². The summed E-state index contributed by atoms with van der Waals surface area (Å²) in [7, 11) is 4.33. The second kappa shape index (κ2) is 8.77. The lowest BCUT2D eigenvalue weighted by Gasteiger charge is -2.29. The van der Waals surface area contributed by atoms with E-state index in [0.29, 0.717) is 6.04 Å². The lowest BCUT2D eigenvalue weighted by atomic mass is 10.0. The van der Waals surface area contributed by atoms with Gasteiger partial charge in [-0.05, 0) is 57.6 Å². The first kappa shape index (κ1) is 16.8. The van der Waals surface area contributed by atoms with Gasteiger partial charge in [0.25, 0.3) is 0 Å². The van der Waals surface area contributed by atoms with Crippen LogP contribution in [-0.4, -0.2) is 31.6 Å². The van der Waals surface area contributed by atoms with Crippen LogP contribution in [0.4, 0.5) is 0 Å². The molecule has 1 saturated carbocycles. The summed E-state index contributed by atoms with van der Waals surface area (Å²) in [6.45, 7) is 1.14. The average Bonchev–Trinajstić information content (AvgIpc) is 2.77. The summed E-state index contributed by atoms with van der Waals surface area (Å²) in [4.78, 5) is 2.57. The summed E-state index contributed by atoms with van der Waals surface area (Å²) in [5.74, 6) is 0. The van der Waals surface area contributed by atoms with Crippen molar-refractivity contribution in [1.82, 2.24) is 10.2 Å². The highest BCUT2D eigenvalue weighted by molar-refractivity contribution is 6.30. The summed E-state index contributed by atoms with van der Waals surface area (Å²) >= 11 is 6.11. The van der Waals surface area contributed by atoms with Crippen LogP contribution in [0, 0.1) is 0 Å². The molecule has 2 nitrogen and oxygen atoms in total. The zero-order valence-corrected chi connectivity index (χ0v) is 14.2. The van der Waals surface area contributed by atoms with Crippen LogP contribution in [0.5, 0.6) is 0 Å². The fourth-order valence-electron chi connectivity index (χ4n) is 3.41. The molecular formula is C18H29ClN2.